The van der Waals surface area contributed by atoms with Crippen LogP contribution in [-0.2, 0) is 4.94 Å². The molecular weight excluding hydrogens is 148 g/mol. The van der Waals surface area contributed by atoms with E-state index in [1.807, 2.05) is 0 Å². The van der Waals surface area contributed by atoms with E-state index in [-0.39, 0.29) is 0 Å². The molecule has 1 fully saturated rings. The molecule has 0 aromatic heterocycles. The highest BCUT2D eigenvalue weighted by Gasteiger charge is 2.34. The minimum atomic E-state index is -0.499. The Balaban J connectivity index is 2.34. The minimum Gasteiger partial charge on any atom is -0.590 e. The van der Waals surface area contributed by atoms with Gasteiger partial charge in [-0.1, -0.05) is 0 Å². The van der Waals surface area contributed by atoms with Crippen LogP contribution >= 0.6 is 0 Å². The number of quaternary nitrogens is 2. The number of hydrogen-bond acceptors (Lipinski definition) is 3. The van der Waals surface area contributed by atoms with E-state index < -0.39 is 10.5 Å². The maximum Gasteiger partial charge on any atom is 0.229 e. The van der Waals surface area contributed by atoms with Crippen molar-refractivity contribution in [3.8, 4) is 0 Å². The van der Waals surface area contributed by atoms with Gasteiger partial charge in [0.25, 0.3) is 0 Å². The molecule has 2 aliphatic rings. The molecule has 2 unspecified atom stereocenters. The van der Waals surface area contributed by atoms with Gasteiger partial charge in [0.15, 0.2) is 0 Å². The van der Waals surface area contributed by atoms with Crippen molar-refractivity contribution in [1.82, 2.24) is 0 Å². The Kier molecular flexibility index (Phi) is 1.52. The summed E-state index contributed by atoms with van der Waals surface area (Å²) < 4.78 is 0. The van der Waals surface area contributed by atoms with Crippen molar-refractivity contribution in [3.63, 3.8) is 0 Å². The fraction of sp³-hybridized carbons (Fsp3) is 0.333. The highest BCUT2D eigenvalue weighted by molar-refractivity contribution is 5.21. The molecule has 1 heterocycles. The van der Waals surface area contributed by atoms with Crippen LogP contribution in [0.4, 0.5) is 0 Å². The molecule has 0 aromatic rings. The summed E-state index contributed by atoms with van der Waals surface area (Å²) in [4.78, 5) is 4.39. The van der Waals surface area contributed by atoms with Crippen LogP contribution in [0.2, 0.25) is 0 Å². The predicted octanol–water partition coefficient (Wildman–Crippen LogP) is -1.83. The van der Waals surface area contributed by atoms with E-state index in [4.69, 9.17) is 0 Å². The number of rotatable bonds is 0. The third kappa shape index (κ3) is 0.991. The zero-order valence-electron chi connectivity index (χ0n) is 5.79. The second-order valence-electron chi connectivity index (χ2n) is 2.49. The van der Waals surface area contributed by atoms with Gasteiger partial charge in [-0.25, -0.2) is 0 Å². The molecular formula is C6H8N2O3. The molecule has 1 aliphatic heterocycles. The summed E-state index contributed by atoms with van der Waals surface area (Å²) in [6.07, 6.45) is 5.15. The molecule has 5 nitrogen and oxygen atoms in total. The second kappa shape index (κ2) is 2.40. The van der Waals surface area contributed by atoms with Crippen LogP contribution in [0.3, 0.4) is 0 Å². The Morgan fingerprint density at radius 2 is 1.55 bits per heavy atom. The first kappa shape index (κ1) is 6.96. The Bertz CT molecular complexity index is 212. The molecule has 0 saturated carbocycles. The van der Waals surface area contributed by atoms with Crippen LogP contribution in [0.5, 0.6) is 0 Å². The molecule has 0 radical (unpaired) electrons. The van der Waals surface area contributed by atoms with Crippen LogP contribution in [0, 0.1) is 10.4 Å². The quantitative estimate of drug-likeness (QED) is 0.406. The third-order valence-corrected chi connectivity index (χ3v) is 1.78. The SMILES string of the molecule is [O-][NH+]1O[NH+]([O-])C2=CCCC=C21. The maximum atomic E-state index is 10.9. The highest BCUT2D eigenvalue weighted by atomic mass is 17.1. The van der Waals surface area contributed by atoms with Gasteiger partial charge >= 0.3 is 0 Å². The van der Waals surface area contributed by atoms with Gasteiger partial charge in [-0.3, -0.25) is 0 Å². The molecule has 0 aromatic carbocycles. The van der Waals surface area contributed by atoms with E-state index in [0.29, 0.717) is 11.4 Å². The molecule has 1 saturated heterocycles. The zero-order valence-corrected chi connectivity index (χ0v) is 5.79. The average Bonchev–Trinajstić information content (AvgIpc) is 2.30. The molecule has 11 heavy (non-hydrogen) atoms. The standard InChI is InChI=1S/C6H8N2O3/c9-7-5-3-1-2-4-6(5)8(10)11-7/h3-4,7-8H,1-2H2. The fourth-order valence-corrected chi connectivity index (χ4v) is 1.26. The molecule has 2 atom stereocenters. The smallest absolute Gasteiger partial charge is 0.229 e. The Hall–Kier alpha value is -0.720. The molecule has 0 bridgehead atoms. The van der Waals surface area contributed by atoms with E-state index in [1.165, 1.54) is 0 Å². The molecule has 60 valence electrons. The van der Waals surface area contributed by atoms with Crippen molar-refractivity contribution in [2.45, 2.75) is 12.8 Å². The Morgan fingerprint density at radius 1 is 1.09 bits per heavy atom. The van der Waals surface area contributed by atoms with Gasteiger partial charge in [-0.05, 0) is 25.0 Å². The molecule has 0 spiro atoms. The van der Waals surface area contributed by atoms with Gasteiger partial charge in [0.05, 0.1) is 0 Å². The van der Waals surface area contributed by atoms with Crippen LogP contribution < -0.4 is 10.5 Å². The van der Waals surface area contributed by atoms with Gasteiger partial charge in [0.2, 0.25) is 11.4 Å². The lowest BCUT2D eigenvalue weighted by Crippen LogP contribution is -3.15. The lowest BCUT2D eigenvalue weighted by Gasteiger charge is -2.09. The predicted molar refractivity (Wildman–Crippen MR) is 35.1 cm³/mol. The molecule has 2 N–H and O–H groups in total. The number of fused-ring (bicyclic) bond motifs is 1. The van der Waals surface area contributed by atoms with Crippen LogP contribution in [0.1, 0.15) is 12.8 Å². The molecule has 2 rings (SSSR count). The molecule has 5 heteroatoms. The number of hydroxylamine groups is 4. The van der Waals surface area contributed by atoms with Crippen molar-refractivity contribution in [1.29, 1.82) is 0 Å². The first-order valence-electron chi connectivity index (χ1n) is 3.46. The second-order valence-corrected chi connectivity index (χ2v) is 2.49. The van der Waals surface area contributed by atoms with Crippen molar-refractivity contribution in [2.24, 2.45) is 0 Å². The van der Waals surface area contributed by atoms with E-state index in [0.717, 1.165) is 12.8 Å². The average molecular weight is 156 g/mol. The summed E-state index contributed by atoms with van der Waals surface area (Å²) in [7, 11) is 0. The van der Waals surface area contributed by atoms with Crippen LogP contribution in [0.15, 0.2) is 23.5 Å². The van der Waals surface area contributed by atoms with Crippen molar-refractivity contribution in [3.05, 3.63) is 34.0 Å². The summed E-state index contributed by atoms with van der Waals surface area (Å²) in [6.45, 7) is 0. The van der Waals surface area contributed by atoms with Gasteiger partial charge in [-0.15, -0.1) is 10.5 Å². The van der Waals surface area contributed by atoms with Gasteiger partial charge in [0, 0.05) is 4.94 Å². The van der Waals surface area contributed by atoms with E-state index in [1.54, 1.807) is 12.2 Å². The van der Waals surface area contributed by atoms with Crippen LogP contribution in [-0.4, -0.2) is 0 Å². The topological polar surface area (TPSA) is 64.2 Å². The van der Waals surface area contributed by atoms with E-state index in [9.17, 15) is 10.4 Å². The number of allylic oxidation sites excluding steroid dienone is 2. The normalized spacial score (nSPS) is 36.2. The van der Waals surface area contributed by atoms with Gasteiger partial charge in [-0.2, -0.15) is 0 Å². The number of hydrogen-bond donors (Lipinski definition) is 2. The molecule has 1 aliphatic carbocycles. The summed E-state index contributed by atoms with van der Waals surface area (Å²) in [6, 6.07) is 0. The zero-order chi connectivity index (χ0) is 7.84. The highest BCUT2D eigenvalue weighted by Crippen LogP contribution is 2.10. The van der Waals surface area contributed by atoms with Crippen molar-refractivity contribution >= 4 is 0 Å². The maximum absolute atomic E-state index is 10.9. The lowest BCUT2D eigenvalue weighted by molar-refractivity contribution is -1.25. The summed E-state index contributed by atoms with van der Waals surface area (Å²) in [5, 5.41) is 20.7. The van der Waals surface area contributed by atoms with Gasteiger partial charge < -0.3 is 10.4 Å². The summed E-state index contributed by atoms with van der Waals surface area (Å²) in [5.41, 5.74) is 0.891. The monoisotopic (exact) mass is 156 g/mol. The molecule has 0 amide bonds. The first-order valence-corrected chi connectivity index (χ1v) is 3.46. The van der Waals surface area contributed by atoms with Gasteiger partial charge in [0.1, 0.15) is 0 Å². The van der Waals surface area contributed by atoms with E-state index >= 15 is 0 Å². The van der Waals surface area contributed by atoms with Crippen molar-refractivity contribution < 1.29 is 15.4 Å². The Labute approximate surface area is 63.2 Å². The summed E-state index contributed by atoms with van der Waals surface area (Å²) in [5.74, 6) is 0. The lowest BCUT2D eigenvalue weighted by atomic mass is 10.1. The van der Waals surface area contributed by atoms with Crippen molar-refractivity contribution in [2.75, 3.05) is 0 Å². The number of nitrogens with one attached hydrogen (secondary N) is 2. The largest absolute Gasteiger partial charge is 0.590 e. The summed E-state index contributed by atoms with van der Waals surface area (Å²) >= 11 is 0. The fourth-order valence-electron chi connectivity index (χ4n) is 1.26. The Morgan fingerprint density at radius 3 is 2.00 bits per heavy atom. The minimum absolute atomic E-state index is 0.446. The third-order valence-electron chi connectivity index (χ3n) is 1.78. The van der Waals surface area contributed by atoms with Crippen LogP contribution in [0.25, 0.3) is 0 Å². The van der Waals surface area contributed by atoms with E-state index in [2.05, 4.69) is 4.94 Å². The first-order chi connectivity index (χ1) is 5.29.